The molecule has 0 saturated heterocycles. The van der Waals surface area contributed by atoms with Crippen LogP contribution in [-0.2, 0) is 6.42 Å². The van der Waals surface area contributed by atoms with Crippen LogP contribution < -0.4 is 5.56 Å². The molecule has 0 aromatic carbocycles. The van der Waals surface area contributed by atoms with Crippen molar-refractivity contribution in [2.45, 2.75) is 18.4 Å². The molecule has 3 heteroatoms. The highest BCUT2D eigenvalue weighted by Crippen LogP contribution is 2.27. The zero-order valence-corrected chi connectivity index (χ0v) is 7.12. The molecule has 11 heavy (non-hydrogen) atoms. The second-order valence-corrected chi connectivity index (χ2v) is 3.84. The van der Waals surface area contributed by atoms with E-state index in [-0.39, 0.29) is 5.56 Å². The highest BCUT2D eigenvalue weighted by Gasteiger charge is 2.12. The lowest BCUT2D eigenvalue weighted by Crippen LogP contribution is -2.09. The maximum Gasteiger partial charge on any atom is 0.251 e. The third kappa shape index (κ3) is 1.09. The Balaban J connectivity index is 2.66. The van der Waals surface area contributed by atoms with Crippen molar-refractivity contribution in [2.24, 2.45) is 0 Å². The van der Waals surface area contributed by atoms with Gasteiger partial charge in [0.1, 0.15) is 0 Å². The Labute approximate surface area is 69.0 Å². The topological polar surface area (TPSA) is 32.9 Å². The molecule has 1 N–H and O–H groups in total. The van der Waals surface area contributed by atoms with Gasteiger partial charge in [0, 0.05) is 11.3 Å². The summed E-state index contributed by atoms with van der Waals surface area (Å²) >= 11 is 1.74. The van der Waals surface area contributed by atoms with Crippen molar-refractivity contribution in [3.05, 3.63) is 27.5 Å². The van der Waals surface area contributed by atoms with Gasteiger partial charge in [0.2, 0.25) is 0 Å². The summed E-state index contributed by atoms with van der Waals surface area (Å²) in [6.45, 7) is 1.85. The molecule has 2 rings (SSSR count). The van der Waals surface area contributed by atoms with Gasteiger partial charge in [-0.05, 0) is 25.0 Å². The summed E-state index contributed by atoms with van der Waals surface area (Å²) in [7, 11) is 0. The van der Waals surface area contributed by atoms with Crippen LogP contribution in [0.2, 0.25) is 0 Å². The fraction of sp³-hybridized carbons (Fsp3) is 0.375. The Morgan fingerprint density at radius 1 is 1.64 bits per heavy atom. The monoisotopic (exact) mass is 167 g/mol. The van der Waals surface area contributed by atoms with E-state index in [0.29, 0.717) is 0 Å². The number of fused-ring (bicyclic) bond motifs is 1. The van der Waals surface area contributed by atoms with Gasteiger partial charge < -0.3 is 4.98 Å². The number of nitrogens with one attached hydrogen (secondary N) is 1. The first-order valence-corrected chi connectivity index (χ1v) is 4.61. The maximum absolute atomic E-state index is 11.1. The van der Waals surface area contributed by atoms with Crippen molar-refractivity contribution >= 4 is 11.8 Å². The second kappa shape index (κ2) is 2.41. The molecule has 2 nitrogen and oxygen atoms in total. The highest BCUT2D eigenvalue weighted by atomic mass is 32.2. The molecule has 0 bridgehead atoms. The van der Waals surface area contributed by atoms with Gasteiger partial charge in [0.05, 0.1) is 5.03 Å². The number of pyridine rings is 1. The lowest BCUT2D eigenvalue weighted by molar-refractivity contribution is 0.994. The molecule has 0 aliphatic carbocycles. The number of H-pyrrole nitrogens is 1. The van der Waals surface area contributed by atoms with Gasteiger partial charge in [-0.25, -0.2) is 0 Å². The summed E-state index contributed by atoms with van der Waals surface area (Å²) < 4.78 is 0. The third-order valence-electron chi connectivity index (χ3n) is 1.89. The number of hydrogen-bond donors (Lipinski definition) is 1. The van der Waals surface area contributed by atoms with Crippen molar-refractivity contribution in [3.8, 4) is 0 Å². The van der Waals surface area contributed by atoms with E-state index >= 15 is 0 Å². The van der Waals surface area contributed by atoms with Crippen molar-refractivity contribution in [1.82, 2.24) is 4.98 Å². The summed E-state index contributed by atoms with van der Waals surface area (Å²) in [5.74, 6) is 1.11. The van der Waals surface area contributed by atoms with Crippen LogP contribution >= 0.6 is 11.8 Å². The van der Waals surface area contributed by atoms with Crippen LogP contribution in [0, 0.1) is 6.92 Å². The summed E-state index contributed by atoms with van der Waals surface area (Å²) in [6.07, 6.45) is 1.09. The minimum Gasteiger partial charge on any atom is -0.317 e. The molecule has 0 saturated carbocycles. The van der Waals surface area contributed by atoms with Crippen molar-refractivity contribution in [2.75, 3.05) is 5.75 Å². The lowest BCUT2D eigenvalue weighted by Gasteiger charge is -1.97. The van der Waals surface area contributed by atoms with Crippen molar-refractivity contribution in [1.29, 1.82) is 0 Å². The van der Waals surface area contributed by atoms with Gasteiger partial charge >= 0.3 is 0 Å². The Bertz CT molecular complexity index is 342. The fourth-order valence-electron chi connectivity index (χ4n) is 1.25. The van der Waals surface area contributed by atoms with Crippen molar-refractivity contribution in [3.63, 3.8) is 0 Å². The number of thioether (sulfide) groups is 1. The Morgan fingerprint density at radius 2 is 2.45 bits per heavy atom. The normalized spacial score (nSPS) is 15.0. The Hall–Kier alpha value is -0.700. The number of aromatic nitrogens is 1. The largest absolute Gasteiger partial charge is 0.317 e. The average Bonchev–Trinajstić information content (AvgIpc) is 2.36. The standard InChI is InChI=1S/C8H9NOS/c1-5-4-6-2-3-11-8(6)9-7(5)10/h4H,2-3H2,1H3,(H,9,10). The molecule has 0 amide bonds. The first kappa shape index (κ1) is 6.98. The quantitative estimate of drug-likeness (QED) is 0.632. The van der Waals surface area contributed by atoms with E-state index in [1.807, 2.05) is 13.0 Å². The average molecular weight is 167 g/mol. The second-order valence-electron chi connectivity index (χ2n) is 2.73. The molecule has 0 spiro atoms. The summed E-state index contributed by atoms with van der Waals surface area (Å²) in [5, 5.41) is 1.07. The molecular weight excluding hydrogens is 158 g/mol. The predicted octanol–water partition coefficient (Wildman–Crippen LogP) is 1.33. The summed E-state index contributed by atoms with van der Waals surface area (Å²) in [5.41, 5.74) is 2.18. The van der Waals surface area contributed by atoms with Gasteiger partial charge in [0.25, 0.3) is 5.56 Å². The Kier molecular flexibility index (Phi) is 1.53. The van der Waals surface area contributed by atoms with Crippen LogP contribution in [0.15, 0.2) is 15.9 Å². The van der Waals surface area contributed by atoms with E-state index in [2.05, 4.69) is 4.98 Å². The molecule has 1 aromatic rings. The maximum atomic E-state index is 11.1. The zero-order chi connectivity index (χ0) is 7.84. The van der Waals surface area contributed by atoms with E-state index in [1.165, 1.54) is 5.56 Å². The molecular formula is C8H9NOS. The molecule has 0 atom stereocenters. The highest BCUT2D eigenvalue weighted by molar-refractivity contribution is 7.99. The van der Waals surface area contributed by atoms with Crippen LogP contribution in [0.4, 0.5) is 0 Å². The number of rotatable bonds is 0. The van der Waals surface area contributed by atoms with Crippen LogP contribution in [0.3, 0.4) is 0 Å². The van der Waals surface area contributed by atoms with Crippen LogP contribution in [-0.4, -0.2) is 10.7 Å². The number of aryl methyl sites for hydroxylation is 2. The molecule has 0 fully saturated rings. The molecule has 58 valence electrons. The molecule has 1 aromatic heterocycles. The molecule has 1 aliphatic heterocycles. The minimum absolute atomic E-state index is 0.0538. The number of aromatic amines is 1. The third-order valence-corrected chi connectivity index (χ3v) is 2.95. The van der Waals surface area contributed by atoms with E-state index in [1.54, 1.807) is 11.8 Å². The van der Waals surface area contributed by atoms with Gasteiger partial charge in [0.15, 0.2) is 0 Å². The van der Waals surface area contributed by atoms with Gasteiger partial charge in [-0.2, -0.15) is 0 Å². The first-order valence-electron chi connectivity index (χ1n) is 3.63. The smallest absolute Gasteiger partial charge is 0.251 e. The SMILES string of the molecule is Cc1cc2c([nH]c1=O)SCC2. The first-order chi connectivity index (χ1) is 5.27. The minimum atomic E-state index is 0.0538. The van der Waals surface area contributed by atoms with E-state index in [9.17, 15) is 4.79 Å². The molecule has 0 radical (unpaired) electrons. The van der Waals surface area contributed by atoms with Crippen LogP contribution in [0.5, 0.6) is 0 Å². The Morgan fingerprint density at radius 3 is 3.27 bits per heavy atom. The number of hydrogen-bond acceptors (Lipinski definition) is 2. The zero-order valence-electron chi connectivity index (χ0n) is 6.31. The predicted molar refractivity (Wildman–Crippen MR) is 46.2 cm³/mol. The van der Waals surface area contributed by atoms with Crippen LogP contribution in [0.1, 0.15) is 11.1 Å². The molecule has 0 unspecified atom stereocenters. The van der Waals surface area contributed by atoms with Crippen molar-refractivity contribution < 1.29 is 0 Å². The van der Waals surface area contributed by atoms with E-state index in [4.69, 9.17) is 0 Å². The van der Waals surface area contributed by atoms with Crippen LogP contribution in [0.25, 0.3) is 0 Å². The fourth-order valence-corrected chi connectivity index (χ4v) is 2.29. The summed E-state index contributed by atoms with van der Waals surface area (Å²) in [6, 6.07) is 1.99. The van der Waals surface area contributed by atoms with E-state index < -0.39 is 0 Å². The van der Waals surface area contributed by atoms with Gasteiger partial charge in [-0.3, -0.25) is 4.79 Å². The summed E-state index contributed by atoms with van der Waals surface area (Å²) in [4.78, 5) is 14.0. The van der Waals surface area contributed by atoms with Gasteiger partial charge in [-0.15, -0.1) is 11.8 Å². The van der Waals surface area contributed by atoms with E-state index in [0.717, 1.165) is 22.8 Å². The lowest BCUT2D eigenvalue weighted by atomic mass is 10.2. The molecule has 2 heterocycles. The molecule has 1 aliphatic rings. The van der Waals surface area contributed by atoms with Gasteiger partial charge in [-0.1, -0.05) is 0 Å².